The molecule has 4 rings (SSSR count). The van der Waals surface area contributed by atoms with E-state index in [2.05, 4.69) is 15.3 Å². The highest BCUT2D eigenvalue weighted by molar-refractivity contribution is 7.17. The van der Waals surface area contributed by atoms with E-state index < -0.39 is 0 Å². The zero-order valence-electron chi connectivity index (χ0n) is 12.9. The number of amides is 1. The Labute approximate surface area is 146 Å². The lowest BCUT2D eigenvalue weighted by atomic mass is 10.1. The van der Waals surface area contributed by atoms with Gasteiger partial charge in [0.25, 0.3) is 5.91 Å². The Hall–Kier alpha value is -1.74. The second kappa shape index (κ2) is 7.02. The lowest BCUT2D eigenvalue weighted by Crippen LogP contribution is -2.50. The van der Waals surface area contributed by atoms with Crippen molar-refractivity contribution in [3.8, 4) is 0 Å². The van der Waals surface area contributed by atoms with Crippen molar-refractivity contribution in [1.82, 2.24) is 15.3 Å². The monoisotopic (exact) mass is 363 g/mol. The summed E-state index contributed by atoms with van der Waals surface area (Å²) in [5.41, 5.74) is 4.27. The number of nitrogens with zero attached hydrogens (tertiary/aromatic N) is 1. The molecule has 0 unspecified atom stereocenters. The molecule has 6 nitrogen and oxygen atoms in total. The Balaban J connectivity index is 1.40. The summed E-state index contributed by atoms with van der Waals surface area (Å²) in [4.78, 5) is 19.9. The fourth-order valence-electron chi connectivity index (χ4n) is 2.77. The number of hydrogen-bond donors (Lipinski definition) is 2. The van der Waals surface area contributed by atoms with Gasteiger partial charge in [0.1, 0.15) is 5.69 Å². The molecule has 24 heavy (non-hydrogen) atoms. The Morgan fingerprint density at radius 2 is 2.50 bits per heavy atom. The zero-order valence-corrected chi connectivity index (χ0v) is 14.5. The molecule has 2 N–H and O–H groups in total. The maximum atomic E-state index is 12.5. The molecule has 4 heterocycles. The lowest BCUT2D eigenvalue weighted by Gasteiger charge is -2.31. The van der Waals surface area contributed by atoms with Crippen molar-refractivity contribution in [3.63, 3.8) is 0 Å². The highest BCUT2D eigenvalue weighted by atomic mass is 32.1. The highest BCUT2D eigenvalue weighted by Crippen LogP contribution is 2.22. The summed E-state index contributed by atoms with van der Waals surface area (Å²) in [6.07, 6.45) is 0.690. The predicted octanol–water partition coefficient (Wildman–Crippen LogP) is 2.79. The SMILES string of the molecule is O=C(N[C@@H]1COCC[C@@H]1OCc1cscn1)c1cc2sccc2[nH]1. The van der Waals surface area contributed by atoms with Gasteiger partial charge in [-0.3, -0.25) is 4.79 Å². The van der Waals surface area contributed by atoms with E-state index in [1.807, 2.05) is 22.9 Å². The Kier molecular flexibility index (Phi) is 4.61. The van der Waals surface area contributed by atoms with Crippen molar-refractivity contribution in [2.75, 3.05) is 13.2 Å². The molecular formula is C16H17N3O3S2. The molecule has 1 aliphatic rings. The van der Waals surface area contributed by atoms with Crippen molar-refractivity contribution >= 4 is 38.8 Å². The van der Waals surface area contributed by atoms with Crippen LogP contribution in [0.4, 0.5) is 0 Å². The third kappa shape index (κ3) is 3.36. The van der Waals surface area contributed by atoms with E-state index in [-0.39, 0.29) is 18.1 Å². The van der Waals surface area contributed by atoms with Gasteiger partial charge in [-0.05, 0) is 23.9 Å². The first-order chi connectivity index (χ1) is 11.8. The molecule has 1 saturated heterocycles. The van der Waals surface area contributed by atoms with Gasteiger partial charge in [0.2, 0.25) is 0 Å². The summed E-state index contributed by atoms with van der Waals surface area (Å²) in [6.45, 7) is 1.56. The normalized spacial score (nSPS) is 21.2. The molecule has 8 heteroatoms. The van der Waals surface area contributed by atoms with E-state index in [1.165, 1.54) is 0 Å². The average molecular weight is 363 g/mol. The van der Waals surface area contributed by atoms with Crippen molar-refractivity contribution in [3.05, 3.63) is 39.8 Å². The molecule has 0 spiro atoms. The van der Waals surface area contributed by atoms with Crippen LogP contribution in [0.5, 0.6) is 0 Å². The molecule has 1 fully saturated rings. The fraction of sp³-hybridized carbons (Fsp3) is 0.375. The van der Waals surface area contributed by atoms with Gasteiger partial charge >= 0.3 is 0 Å². The van der Waals surface area contributed by atoms with Crippen LogP contribution >= 0.6 is 22.7 Å². The van der Waals surface area contributed by atoms with Crippen LogP contribution in [0, 0.1) is 0 Å². The fourth-order valence-corrected chi connectivity index (χ4v) is 4.10. The summed E-state index contributed by atoms with van der Waals surface area (Å²) in [6, 6.07) is 3.69. The van der Waals surface area contributed by atoms with Gasteiger partial charge < -0.3 is 19.8 Å². The quantitative estimate of drug-likeness (QED) is 0.731. The van der Waals surface area contributed by atoms with Gasteiger partial charge in [-0.15, -0.1) is 22.7 Å². The van der Waals surface area contributed by atoms with E-state index in [0.717, 1.165) is 22.3 Å². The van der Waals surface area contributed by atoms with Crippen LogP contribution in [-0.4, -0.2) is 41.2 Å². The van der Waals surface area contributed by atoms with E-state index in [9.17, 15) is 4.79 Å². The molecule has 1 aliphatic heterocycles. The number of nitrogens with one attached hydrogen (secondary N) is 2. The molecule has 0 bridgehead atoms. The number of hydrogen-bond acceptors (Lipinski definition) is 6. The second-order valence-corrected chi connectivity index (χ2v) is 7.32. The van der Waals surface area contributed by atoms with Gasteiger partial charge in [-0.1, -0.05) is 0 Å². The van der Waals surface area contributed by atoms with Gasteiger partial charge in [-0.25, -0.2) is 4.98 Å². The van der Waals surface area contributed by atoms with Crippen LogP contribution in [-0.2, 0) is 16.1 Å². The van der Waals surface area contributed by atoms with Crippen LogP contribution < -0.4 is 5.32 Å². The number of aromatic amines is 1. The average Bonchev–Trinajstić information content (AvgIpc) is 3.31. The molecule has 3 aromatic heterocycles. The van der Waals surface area contributed by atoms with Gasteiger partial charge in [0.05, 0.1) is 46.8 Å². The van der Waals surface area contributed by atoms with Crippen molar-refractivity contribution in [1.29, 1.82) is 0 Å². The molecule has 126 valence electrons. The molecule has 0 aromatic carbocycles. The number of fused-ring (bicyclic) bond motifs is 1. The standard InChI is InChI=1S/C16H17N3O3S2/c20-16(12-5-15-11(18-12)2-4-24-15)19-13-7-21-3-1-14(13)22-6-10-8-23-9-17-10/h2,4-5,8-9,13-14,18H,1,3,6-7H2,(H,19,20)/t13-,14+/m1/s1. The maximum absolute atomic E-state index is 12.5. The Morgan fingerprint density at radius 1 is 1.54 bits per heavy atom. The van der Waals surface area contributed by atoms with Crippen LogP contribution in [0.25, 0.3) is 10.2 Å². The lowest BCUT2D eigenvalue weighted by molar-refractivity contribution is -0.0612. The van der Waals surface area contributed by atoms with Crippen LogP contribution in [0.2, 0.25) is 0 Å². The predicted molar refractivity (Wildman–Crippen MR) is 93.6 cm³/mol. The van der Waals surface area contributed by atoms with Gasteiger partial charge in [0.15, 0.2) is 0 Å². The number of thiazole rings is 1. The van der Waals surface area contributed by atoms with E-state index in [1.54, 1.807) is 28.2 Å². The smallest absolute Gasteiger partial charge is 0.268 e. The molecule has 2 atom stereocenters. The van der Waals surface area contributed by atoms with Crippen molar-refractivity contribution in [2.24, 2.45) is 0 Å². The number of thiophene rings is 1. The summed E-state index contributed by atoms with van der Waals surface area (Å²) in [5.74, 6) is -0.129. The van der Waals surface area contributed by atoms with Crippen molar-refractivity contribution < 1.29 is 14.3 Å². The maximum Gasteiger partial charge on any atom is 0.268 e. The van der Waals surface area contributed by atoms with Gasteiger partial charge in [0, 0.05) is 12.0 Å². The Morgan fingerprint density at radius 3 is 3.33 bits per heavy atom. The minimum absolute atomic E-state index is 0.0690. The van der Waals surface area contributed by atoms with Crippen LogP contribution in [0.15, 0.2) is 28.4 Å². The zero-order chi connectivity index (χ0) is 16.4. The topological polar surface area (TPSA) is 76.2 Å². The molecular weight excluding hydrogens is 346 g/mol. The second-order valence-electron chi connectivity index (χ2n) is 5.65. The van der Waals surface area contributed by atoms with E-state index in [4.69, 9.17) is 9.47 Å². The molecule has 0 radical (unpaired) electrons. The number of carbonyl (C=O) groups excluding carboxylic acids is 1. The number of aromatic nitrogens is 2. The Bertz CT molecular complexity index is 783. The summed E-state index contributed by atoms with van der Waals surface area (Å²) >= 11 is 3.16. The number of rotatable bonds is 5. The summed E-state index contributed by atoms with van der Waals surface area (Å²) in [5, 5.41) is 7.00. The molecule has 0 aliphatic carbocycles. The van der Waals surface area contributed by atoms with Crippen molar-refractivity contribution in [2.45, 2.75) is 25.2 Å². The third-order valence-electron chi connectivity index (χ3n) is 4.02. The minimum atomic E-state index is -0.161. The number of carbonyl (C=O) groups is 1. The third-order valence-corrected chi connectivity index (χ3v) is 5.52. The van der Waals surface area contributed by atoms with Crippen LogP contribution in [0.3, 0.4) is 0 Å². The molecule has 3 aromatic rings. The number of H-pyrrole nitrogens is 1. The van der Waals surface area contributed by atoms with E-state index in [0.29, 0.717) is 25.5 Å². The first kappa shape index (κ1) is 15.8. The molecule has 1 amide bonds. The largest absolute Gasteiger partial charge is 0.379 e. The number of ether oxygens (including phenoxy) is 2. The van der Waals surface area contributed by atoms with Gasteiger partial charge in [-0.2, -0.15) is 0 Å². The van der Waals surface area contributed by atoms with Crippen LogP contribution in [0.1, 0.15) is 22.6 Å². The first-order valence-electron chi connectivity index (χ1n) is 7.73. The summed E-state index contributed by atoms with van der Waals surface area (Å²) < 4.78 is 12.6. The summed E-state index contributed by atoms with van der Waals surface area (Å²) in [7, 11) is 0. The molecule has 0 saturated carbocycles. The highest BCUT2D eigenvalue weighted by Gasteiger charge is 2.29. The first-order valence-corrected chi connectivity index (χ1v) is 9.55. The van der Waals surface area contributed by atoms with E-state index >= 15 is 0 Å². The minimum Gasteiger partial charge on any atom is -0.379 e.